The number of nitrogens with zero attached hydrogens (tertiary/aromatic N) is 2. The Bertz CT molecular complexity index is 428. The maximum atomic E-state index is 11.5. The minimum atomic E-state index is -0.105. The Labute approximate surface area is 144 Å². The zero-order chi connectivity index (χ0) is 17.4. The van der Waals surface area contributed by atoms with E-state index in [2.05, 4.69) is 20.5 Å². The van der Waals surface area contributed by atoms with Crippen molar-refractivity contribution in [3.63, 3.8) is 0 Å². The van der Waals surface area contributed by atoms with Crippen molar-refractivity contribution in [1.29, 1.82) is 0 Å². The van der Waals surface area contributed by atoms with E-state index in [0.29, 0.717) is 25.6 Å². The van der Waals surface area contributed by atoms with Gasteiger partial charge in [-0.25, -0.2) is 0 Å². The predicted octanol–water partition coefficient (Wildman–Crippen LogP) is 0.199. The summed E-state index contributed by atoms with van der Waals surface area (Å²) < 4.78 is 5.42. The molecule has 2 fully saturated rings. The predicted molar refractivity (Wildman–Crippen MR) is 93.9 cm³/mol. The van der Waals surface area contributed by atoms with Crippen LogP contribution in [0, 0.1) is 11.3 Å². The molecule has 0 aliphatic carbocycles. The van der Waals surface area contributed by atoms with Crippen molar-refractivity contribution in [2.45, 2.75) is 32.1 Å². The van der Waals surface area contributed by atoms with Crippen LogP contribution in [0.4, 0.5) is 0 Å². The summed E-state index contributed by atoms with van der Waals surface area (Å²) in [6.45, 7) is 4.15. The zero-order valence-corrected chi connectivity index (χ0v) is 15.0. The highest BCUT2D eigenvalue weighted by atomic mass is 16.5. The van der Waals surface area contributed by atoms with Gasteiger partial charge in [-0.2, -0.15) is 0 Å². The molecule has 2 aliphatic heterocycles. The minimum Gasteiger partial charge on any atom is -0.396 e. The number of guanidine groups is 1. The lowest BCUT2D eigenvalue weighted by atomic mass is 9.81. The average molecular weight is 340 g/mol. The van der Waals surface area contributed by atoms with Gasteiger partial charge in [-0.3, -0.25) is 9.79 Å². The molecular formula is C17H32N4O3. The molecule has 2 heterocycles. The smallest absolute Gasteiger partial charge is 0.220 e. The number of carbonyl (C=O) groups excluding carboxylic acids is 1. The summed E-state index contributed by atoms with van der Waals surface area (Å²) in [5.41, 5.74) is -0.105. The van der Waals surface area contributed by atoms with Gasteiger partial charge in [0, 0.05) is 58.8 Å². The summed E-state index contributed by atoms with van der Waals surface area (Å²) in [6.07, 6.45) is 4.38. The van der Waals surface area contributed by atoms with Crippen LogP contribution in [-0.4, -0.2) is 75.4 Å². The topological polar surface area (TPSA) is 86.2 Å². The van der Waals surface area contributed by atoms with Crippen LogP contribution in [0.3, 0.4) is 0 Å². The molecule has 2 rings (SSSR count). The second-order valence-electron chi connectivity index (χ2n) is 6.98. The van der Waals surface area contributed by atoms with Gasteiger partial charge in [0.1, 0.15) is 0 Å². The number of carbonyl (C=O) groups is 1. The highest BCUT2D eigenvalue weighted by Crippen LogP contribution is 2.29. The van der Waals surface area contributed by atoms with Gasteiger partial charge in [0.15, 0.2) is 5.96 Å². The molecule has 0 aromatic heterocycles. The number of ether oxygens (including phenoxy) is 1. The number of rotatable bonds is 5. The van der Waals surface area contributed by atoms with Crippen molar-refractivity contribution in [1.82, 2.24) is 15.5 Å². The first kappa shape index (κ1) is 19.0. The number of nitrogens with one attached hydrogen (secondary N) is 2. The third kappa shape index (κ3) is 5.08. The van der Waals surface area contributed by atoms with Crippen molar-refractivity contribution in [3.05, 3.63) is 0 Å². The third-order valence-corrected chi connectivity index (χ3v) is 5.39. The van der Waals surface area contributed by atoms with Crippen LogP contribution in [0.1, 0.15) is 32.1 Å². The number of aliphatic hydroxyl groups excluding tert-OH is 1. The van der Waals surface area contributed by atoms with E-state index in [1.165, 1.54) is 0 Å². The lowest BCUT2D eigenvalue weighted by Gasteiger charge is -2.38. The highest BCUT2D eigenvalue weighted by molar-refractivity contribution is 5.80. The fourth-order valence-electron chi connectivity index (χ4n) is 3.51. The largest absolute Gasteiger partial charge is 0.396 e. The minimum absolute atomic E-state index is 0.105. The standard InChI is InChI=1S/C17H32N4O3/c1-18-15(23)11-14-3-7-21(8-4-14)16(19-2)20-12-17(13-22)5-9-24-10-6-17/h14,22H,3-13H2,1-2H3,(H,18,23)(H,19,20). The first-order valence-corrected chi connectivity index (χ1v) is 8.97. The Morgan fingerprint density at radius 3 is 2.54 bits per heavy atom. The van der Waals surface area contributed by atoms with Crippen LogP contribution in [0.15, 0.2) is 4.99 Å². The summed E-state index contributed by atoms with van der Waals surface area (Å²) >= 11 is 0. The molecule has 24 heavy (non-hydrogen) atoms. The Hall–Kier alpha value is -1.34. The first-order chi connectivity index (χ1) is 11.6. The molecule has 0 saturated carbocycles. The first-order valence-electron chi connectivity index (χ1n) is 8.97. The quantitative estimate of drug-likeness (QED) is 0.492. The van der Waals surface area contributed by atoms with Gasteiger partial charge in [-0.15, -0.1) is 0 Å². The van der Waals surface area contributed by atoms with E-state index in [1.54, 1.807) is 14.1 Å². The fourth-order valence-corrected chi connectivity index (χ4v) is 3.51. The maximum Gasteiger partial charge on any atom is 0.220 e. The molecule has 2 saturated heterocycles. The second-order valence-corrected chi connectivity index (χ2v) is 6.98. The van der Waals surface area contributed by atoms with Crippen LogP contribution in [-0.2, 0) is 9.53 Å². The molecule has 0 bridgehead atoms. The molecule has 0 aromatic carbocycles. The van der Waals surface area contributed by atoms with Crippen molar-refractivity contribution in [3.8, 4) is 0 Å². The van der Waals surface area contributed by atoms with E-state index in [0.717, 1.165) is 51.3 Å². The molecule has 138 valence electrons. The summed E-state index contributed by atoms with van der Waals surface area (Å²) in [6, 6.07) is 0. The molecular weight excluding hydrogens is 308 g/mol. The van der Waals surface area contributed by atoms with Crippen molar-refractivity contribution in [2.24, 2.45) is 16.3 Å². The lowest BCUT2D eigenvalue weighted by Crippen LogP contribution is -2.50. The number of aliphatic imine (C=N–C) groups is 1. The SMILES string of the molecule is CN=C(NCC1(CO)CCOCC1)N1CCC(CC(=O)NC)CC1. The van der Waals surface area contributed by atoms with Gasteiger partial charge in [0.2, 0.25) is 5.91 Å². The van der Waals surface area contributed by atoms with Crippen LogP contribution < -0.4 is 10.6 Å². The van der Waals surface area contributed by atoms with Gasteiger partial charge >= 0.3 is 0 Å². The Morgan fingerprint density at radius 1 is 1.33 bits per heavy atom. The molecule has 7 heteroatoms. The van der Waals surface area contributed by atoms with E-state index in [9.17, 15) is 9.90 Å². The van der Waals surface area contributed by atoms with E-state index in [4.69, 9.17) is 4.74 Å². The highest BCUT2D eigenvalue weighted by Gasteiger charge is 2.33. The molecule has 3 N–H and O–H groups in total. The van der Waals surface area contributed by atoms with E-state index < -0.39 is 0 Å². The Kier molecular flexibility index (Phi) is 7.30. The van der Waals surface area contributed by atoms with Gasteiger partial charge in [-0.1, -0.05) is 0 Å². The summed E-state index contributed by atoms with van der Waals surface area (Å²) in [4.78, 5) is 18.2. The van der Waals surface area contributed by atoms with Gasteiger partial charge in [-0.05, 0) is 31.6 Å². The summed E-state index contributed by atoms with van der Waals surface area (Å²) in [7, 11) is 3.49. The molecule has 0 aromatic rings. The number of hydrogen-bond donors (Lipinski definition) is 3. The normalized spacial score (nSPS) is 22.3. The summed E-state index contributed by atoms with van der Waals surface area (Å²) in [5.74, 6) is 1.48. The zero-order valence-electron chi connectivity index (χ0n) is 15.0. The van der Waals surface area contributed by atoms with E-state index in [1.807, 2.05) is 0 Å². The number of likely N-dealkylation sites (tertiary alicyclic amines) is 1. The maximum absolute atomic E-state index is 11.5. The molecule has 1 amide bonds. The van der Waals surface area contributed by atoms with Gasteiger partial charge in [0.05, 0.1) is 6.61 Å². The van der Waals surface area contributed by atoms with Crippen molar-refractivity contribution in [2.75, 3.05) is 53.6 Å². The molecule has 0 spiro atoms. The monoisotopic (exact) mass is 340 g/mol. The molecule has 0 radical (unpaired) electrons. The van der Waals surface area contributed by atoms with Gasteiger partial charge < -0.3 is 25.4 Å². The Morgan fingerprint density at radius 2 is 2.00 bits per heavy atom. The molecule has 0 unspecified atom stereocenters. The third-order valence-electron chi connectivity index (χ3n) is 5.39. The molecule has 2 aliphatic rings. The van der Waals surface area contributed by atoms with Crippen LogP contribution in [0.2, 0.25) is 0 Å². The second kappa shape index (κ2) is 9.22. The van der Waals surface area contributed by atoms with E-state index >= 15 is 0 Å². The number of piperidine rings is 1. The number of amides is 1. The van der Waals surface area contributed by atoms with Gasteiger partial charge in [0.25, 0.3) is 0 Å². The number of hydrogen-bond acceptors (Lipinski definition) is 4. The van der Waals surface area contributed by atoms with Crippen molar-refractivity contribution < 1.29 is 14.6 Å². The summed E-state index contributed by atoms with van der Waals surface area (Å²) in [5, 5.41) is 15.9. The fraction of sp³-hybridized carbons (Fsp3) is 0.882. The average Bonchev–Trinajstić information content (AvgIpc) is 2.64. The van der Waals surface area contributed by atoms with E-state index in [-0.39, 0.29) is 17.9 Å². The van der Waals surface area contributed by atoms with Crippen LogP contribution in [0.5, 0.6) is 0 Å². The lowest BCUT2D eigenvalue weighted by molar-refractivity contribution is -0.121. The molecule has 7 nitrogen and oxygen atoms in total. The van der Waals surface area contributed by atoms with Crippen LogP contribution >= 0.6 is 0 Å². The van der Waals surface area contributed by atoms with Crippen LogP contribution in [0.25, 0.3) is 0 Å². The Balaban J connectivity index is 1.81. The van der Waals surface area contributed by atoms with Crippen molar-refractivity contribution >= 4 is 11.9 Å². The number of aliphatic hydroxyl groups is 1. The molecule has 0 atom stereocenters.